The maximum atomic E-state index is 5.74. The highest BCUT2D eigenvalue weighted by Crippen LogP contribution is 2.14. The van der Waals surface area contributed by atoms with Gasteiger partial charge in [0, 0.05) is 5.56 Å². The minimum absolute atomic E-state index is 0.372. The maximum absolute atomic E-state index is 5.74. The van der Waals surface area contributed by atoms with Crippen molar-refractivity contribution < 1.29 is 9.47 Å². The molecule has 0 aromatic heterocycles. The number of rotatable bonds is 5. The highest BCUT2D eigenvalue weighted by atomic mass is 16.5. The first-order valence-electron chi connectivity index (χ1n) is 6.80. The fourth-order valence-corrected chi connectivity index (χ4v) is 1.94. The Hall–Kier alpha value is -2.28. The summed E-state index contributed by atoms with van der Waals surface area (Å²) in [6.07, 6.45) is 0. The van der Waals surface area contributed by atoms with E-state index in [9.17, 15) is 0 Å². The van der Waals surface area contributed by atoms with Gasteiger partial charge in [0.05, 0.1) is 26.9 Å². The molecule has 2 N–H and O–H groups in total. The number of nitrogens with two attached hydrogens (primary N) is 1. The molecule has 0 aliphatic rings. The van der Waals surface area contributed by atoms with Gasteiger partial charge in [-0.3, -0.25) is 0 Å². The Morgan fingerprint density at radius 3 is 2.43 bits per heavy atom. The SMILES string of the molecule is COc1cccc(COCc2cccc(C#CCN)c2)c1. The van der Waals surface area contributed by atoms with Crippen molar-refractivity contribution in [1.82, 2.24) is 0 Å². The minimum Gasteiger partial charge on any atom is -0.497 e. The molecule has 3 heteroatoms. The van der Waals surface area contributed by atoms with Crippen molar-refractivity contribution in [3.8, 4) is 17.6 Å². The molecule has 0 radical (unpaired) electrons. The van der Waals surface area contributed by atoms with E-state index in [0.717, 1.165) is 22.4 Å². The van der Waals surface area contributed by atoms with Crippen molar-refractivity contribution in [1.29, 1.82) is 0 Å². The van der Waals surface area contributed by atoms with E-state index in [-0.39, 0.29) is 0 Å². The van der Waals surface area contributed by atoms with E-state index < -0.39 is 0 Å². The summed E-state index contributed by atoms with van der Waals surface area (Å²) in [6.45, 7) is 1.47. The Morgan fingerprint density at radius 1 is 1.00 bits per heavy atom. The molecule has 2 rings (SSSR count). The third-order valence-corrected chi connectivity index (χ3v) is 2.93. The molecule has 3 nitrogen and oxygen atoms in total. The Labute approximate surface area is 125 Å². The van der Waals surface area contributed by atoms with Gasteiger partial charge in [-0.15, -0.1) is 0 Å². The number of benzene rings is 2. The molecule has 0 saturated carbocycles. The van der Waals surface area contributed by atoms with Crippen LogP contribution in [0.1, 0.15) is 16.7 Å². The van der Waals surface area contributed by atoms with E-state index >= 15 is 0 Å². The molecule has 0 fully saturated rings. The van der Waals surface area contributed by atoms with Gasteiger partial charge in [0.1, 0.15) is 5.75 Å². The highest BCUT2D eigenvalue weighted by molar-refractivity contribution is 5.37. The second kappa shape index (κ2) is 8.11. The molecule has 0 aliphatic carbocycles. The molecule has 108 valence electrons. The van der Waals surface area contributed by atoms with Gasteiger partial charge in [0.15, 0.2) is 0 Å². The molecule has 2 aromatic carbocycles. The first kappa shape index (κ1) is 15.1. The van der Waals surface area contributed by atoms with Gasteiger partial charge in [-0.25, -0.2) is 0 Å². The zero-order valence-electron chi connectivity index (χ0n) is 12.1. The summed E-state index contributed by atoms with van der Waals surface area (Å²) in [5, 5.41) is 0. The quantitative estimate of drug-likeness (QED) is 0.857. The van der Waals surface area contributed by atoms with Crippen molar-refractivity contribution in [2.24, 2.45) is 5.73 Å². The van der Waals surface area contributed by atoms with Crippen LogP contribution in [0.25, 0.3) is 0 Å². The normalized spacial score (nSPS) is 9.81. The molecule has 0 unspecified atom stereocenters. The summed E-state index contributed by atoms with van der Waals surface area (Å²) < 4.78 is 10.9. The van der Waals surface area contributed by atoms with Crippen LogP contribution in [-0.4, -0.2) is 13.7 Å². The van der Waals surface area contributed by atoms with Crippen LogP contribution in [0.4, 0.5) is 0 Å². The van der Waals surface area contributed by atoms with Crippen molar-refractivity contribution in [3.05, 3.63) is 65.2 Å². The summed E-state index contributed by atoms with van der Waals surface area (Å²) in [5.74, 6) is 6.71. The van der Waals surface area contributed by atoms with Crippen LogP contribution in [0.2, 0.25) is 0 Å². The average Bonchev–Trinajstić information content (AvgIpc) is 2.53. The van der Waals surface area contributed by atoms with Crippen LogP contribution in [-0.2, 0) is 18.0 Å². The number of hydrogen-bond donors (Lipinski definition) is 1. The first-order chi connectivity index (χ1) is 10.3. The van der Waals surface area contributed by atoms with E-state index in [0.29, 0.717) is 19.8 Å². The largest absolute Gasteiger partial charge is 0.497 e. The van der Waals surface area contributed by atoms with Gasteiger partial charge < -0.3 is 15.2 Å². The lowest BCUT2D eigenvalue weighted by Gasteiger charge is -2.06. The van der Waals surface area contributed by atoms with E-state index in [1.54, 1.807) is 7.11 Å². The van der Waals surface area contributed by atoms with E-state index in [1.807, 2.05) is 48.5 Å². The fourth-order valence-electron chi connectivity index (χ4n) is 1.94. The summed E-state index contributed by atoms with van der Waals surface area (Å²) in [7, 11) is 1.66. The molecule has 0 atom stereocenters. The van der Waals surface area contributed by atoms with Gasteiger partial charge in [-0.05, 0) is 35.4 Å². The number of methoxy groups -OCH3 is 1. The highest BCUT2D eigenvalue weighted by Gasteiger charge is 1.98. The van der Waals surface area contributed by atoms with Crippen LogP contribution >= 0.6 is 0 Å². The topological polar surface area (TPSA) is 44.5 Å². The van der Waals surface area contributed by atoms with Gasteiger partial charge in [-0.1, -0.05) is 36.1 Å². The molecular weight excluding hydrogens is 262 g/mol. The van der Waals surface area contributed by atoms with Crippen LogP contribution in [0.5, 0.6) is 5.75 Å². The van der Waals surface area contributed by atoms with Crippen molar-refractivity contribution >= 4 is 0 Å². The Bertz CT molecular complexity index is 641. The Morgan fingerprint density at radius 2 is 1.71 bits per heavy atom. The van der Waals surface area contributed by atoms with E-state index in [1.165, 1.54) is 0 Å². The number of ether oxygens (including phenoxy) is 2. The second-order valence-corrected chi connectivity index (χ2v) is 4.55. The van der Waals surface area contributed by atoms with E-state index in [4.69, 9.17) is 15.2 Å². The molecule has 0 spiro atoms. The minimum atomic E-state index is 0.372. The smallest absolute Gasteiger partial charge is 0.119 e. The molecule has 0 bridgehead atoms. The van der Waals surface area contributed by atoms with E-state index in [2.05, 4.69) is 11.8 Å². The predicted octanol–water partition coefficient (Wildman–Crippen LogP) is 2.72. The molecule has 0 amide bonds. The monoisotopic (exact) mass is 281 g/mol. The van der Waals surface area contributed by atoms with Crippen molar-refractivity contribution in [2.75, 3.05) is 13.7 Å². The van der Waals surface area contributed by atoms with Gasteiger partial charge in [0.2, 0.25) is 0 Å². The summed E-state index contributed by atoms with van der Waals surface area (Å²) >= 11 is 0. The zero-order valence-corrected chi connectivity index (χ0v) is 12.1. The van der Waals surface area contributed by atoms with Crippen molar-refractivity contribution in [3.63, 3.8) is 0 Å². The summed E-state index contributed by atoms with van der Waals surface area (Å²) in [4.78, 5) is 0. The Kier molecular flexibility index (Phi) is 5.83. The van der Waals surface area contributed by atoms with Crippen LogP contribution in [0.15, 0.2) is 48.5 Å². The fraction of sp³-hybridized carbons (Fsp3) is 0.222. The lowest BCUT2D eigenvalue weighted by molar-refractivity contribution is 0.107. The first-order valence-corrected chi connectivity index (χ1v) is 6.80. The van der Waals surface area contributed by atoms with Gasteiger partial charge >= 0.3 is 0 Å². The predicted molar refractivity (Wildman–Crippen MR) is 83.9 cm³/mol. The average molecular weight is 281 g/mol. The third-order valence-electron chi connectivity index (χ3n) is 2.93. The maximum Gasteiger partial charge on any atom is 0.119 e. The molecule has 0 heterocycles. The van der Waals surface area contributed by atoms with Crippen LogP contribution in [0.3, 0.4) is 0 Å². The number of hydrogen-bond acceptors (Lipinski definition) is 3. The molecule has 0 saturated heterocycles. The molecule has 2 aromatic rings. The molecule has 21 heavy (non-hydrogen) atoms. The zero-order chi connectivity index (χ0) is 14.9. The van der Waals surface area contributed by atoms with Gasteiger partial charge in [-0.2, -0.15) is 0 Å². The summed E-state index contributed by atoms with van der Waals surface area (Å²) in [5.41, 5.74) is 8.53. The van der Waals surface area contributed by atoms with Crippen molar-refractivity contribution in [2.45, 2.75) is 13.2 Å². The lowest BCUT2D eigenvalue weighted by Crippen LogP contribution is -1.96. The second-order valence-electron chi connectivity index (χ2n) is 4.55. The van der Waals surface area contributed by atoms with Crippen LogP contribution < -0.4 is 10.5 Å². The van der Waals surface area contributed by atoms with Crippen LogP contribution in [0, 0.1) is 11.8 Å². The lowest BCUT2D eigenvalue weighted by atomic mass is 10.1. The molecular formula is C18H19NO2. The summed E-state index contributed by atoms with van der Waals surface area (Å²) in [6, 6.07) is 15.9. The standard InChI is InChI=1S/C18H19NO2/c1-20-18-9-3-7-17(12-18)14-21-13-16-6-2-5-15(11-16)8-4-10-19/h2-3,5-7,9,11-12H,10,13-14,19H2,1H3. The molecule has 0 aliphatic heterocycles. The third kappa shape index (κ3) is 4.96. The Balaban J connectivity index is 1.91. The van der Waals surface area contributed by atoms with Gasteiger partial charge in [0.25, 0.3) is 0 Å².